The Hall–Kier alpha value is -2.23. The first-order valence-corrected chi connectivity index (χ1v) is 6.15. The highest BCUT2D eigenvalue weighted by Gasteiger charge is 2.13. The molecule has 1 aromatic heterocycles. The summed E-state index contributed by atoms with van der Waals surface area (Å²) < 4.78 is 0. The molecule has 0 aliphatic carbocycles. The molecule has 4 heteroatoms. The number of benzene rings is 1. The molecule has 19 heavy (non-hydrogen) atoms. The Labute approximate surface area is 112 Å². The summed E-state index contributed by atoms with van der Waals surface area (Å²) in [6.07, 6.45) is 3.48. The van der Waals surface area contributed by atoms with Crippen molar-refractivity contribution in [3.8, 4) is 11.1 Å². The molecule has 1 N–H and O–H groups in total. The van der Waals surface area contributed by atoms with Crippen molar-refractivity contribution in [2.75, 3.05) is 5.32 Å². The summed E-state index contributed by atoms with van der Waals surface area (Å²) in [6, 6.07) is 9.43. The molecule has 0 atom stereocenters. The average molecular weight is 255 g/mol. The van der Waals surface area contributed by atoms with E-state index < -0.39 is 0 Å². The van der Waals surface area contributed by atoms with Crippen LogP contribution in [0.3, 0.4) is 0 Å². The minimum absolute atomic E-state index is 0.116. The average Bonchev–Trinajstić information content (AvgIpc) is 2.38. The van der Waals surface area contributed by atoms with Gasteiger partial charge in [-0.15, -0.1) is 4.91 Å². The maximum absolute atomic E-state index is 11.0. The van der Waals surface area contributed by atoms with E-state index in [2.05, 4.69) is 15.5 Å². The molecule has 2 aromatic rings. The molecule has 0 unspecified atom stereocenters. The SMILES string of the molecule is CC(C)(C)Nc1ccc(-c2cccnc2)cc1N=O. The smallest absolute Gasteiger partial charge is 0.131 e. The molecule has 0 radical (unpaired) electrons. The van der Waals surface area contributed by atoms with Gasteiger partial charge in [0, 0.05) is 23.5 Å². The maximum Gasteiger partial charge on any atom is 0.131 e. The van der Waals surface area contributed by atoms with Crippen molar-refractivity contribution in [3.05, 3.63) is 47.6 Å². The lowest BCUT2D eigenvalue weighted by Gasteiger charge is -2.23. The van der Waals surface area contributed by atoms with Crippen LogP contribution in [0, 0.1) is 4.91 Å². The predicted molar refractivity (Wildman–Crippen MR) is 78.5 cm³/mol. The molecule has 4 nitrogen and oxygen atoms in total. The molecule has 2 rings (SSSR count). The van der Waals surface area contributed by atoms with Crippen LogP contribution in [0.2, 0.25) is 0 Å². The number of pyridine rings is 1. The second-order valence-corrected chi connectivity index (χ2v) is 5.44. The first kappa shape index (κ1) is 13.2. The zero-order valence-electron chi connectivity index (χ0n) is 11.3. The molecule has 0 fully saturated rings. The standard InChI is InChI=1S/C15H17N3O/c1-15(2,3)17-13-7-6-11(9-14(13)18-19)12-5-4-8-16-10-12/h4-10,17H,1-3H3. The molecule has 1 aromatic carbocycles. The van der Waals surface area contributed by atoms with Crippen LogP contribution < -0.4 is 5.32 Å². The third kappa shape index (κ3) is 3.37. The van der Waals surface area contributed by atoms with Crippen LogP contribution in [0.15, 0.2) is 47.9 Å². The van der Waals surface area contributed by atoms with Crippen LogP contribution in [0.4, 0.5) is 11.4 Å². The molecule has 0 saturated carbocycles. The number of hydrogen-bond acceptors (Lipinski definition) is 4. The van der Waals surface area contributed by atoms with Crippen molar-refractivity contribution < 1.29 is 0 Å². The van der Waals surface area contributed by atoms with Gasteiger partial charge in [-0.2, -0.15) is 0 Å². The maximum atomic E-state index is 11.0. The molecular weight excluding hydrogens is 238 g/mol. The predicted octanol–water partition coefficient (Wildman–Crippen LogP) is 4.36. The van der Waals surface area contributed by atoms with E-state index in [0.717, 1.165) is 16.8 Å². The minimum Gasteiger partial charge on any atom is -0.379 e. The van der Waals surface area contributed by atoms with E-state index in [-0.39, 0.29) is 5.54 Å². The zero-order valence-corrected chi connectivity index (χ0v) is 11.3. The molecule has 0 aliphatic heterocycles. The van der Waals surface area contributed by atoms with E-state index in [1.165, 1.54) is 0 Å². The molecule has 0 aliphatic rings. The van der Waals surface area contributed by atoms with Crippen molar-refractivity contribution >= 4 is 11.4 Å². The van der Waals surface area contributed by atoms with E-state index in [1.807, 2.05) is 45.0 Å². The summed E-state index contributed by atoms with van der Waals surface area (Å²) in [4.78, 5) is 15.1. The fraction of sp³-hybridized carbons (Fsp3) is 0.267. The Morgan fingerprint density at radius 3 is 2.53 bits per heavy atom. The zero-order chi connectivity index (χ0) is 13.9. The summed E-state index contributed by atoms with van der Waals surface area (Å²) >= 11 is 0. The van der Waals surface area contributed by atoms with Gasteiger partial charge in [-0.1, -0.05) is 12.1 Å². The first-order valence-electron chi connectivity index (χ1n) is 6.15. The summed E-state index contributed by atoms with van der Waals surface area (Å²) in [6.45, 7) is 6.11. The molecule has 0 spiro atoms. The minimum atomic E-state index is -0.116. The largest absolute Gasteiger partial charge is 0.379 e. The Morgan fingerprint density at radius 2 is 1.95 bits per heavy atom. The van der Waals surface area contributed by atoms with Gasteiger partial charge in [-0.05, 0) is 49.7 Å². The van der Waals surface area contributed by atoms with Crippen molar-refractivity contribution in [1.29, 1.82) is 0 Å². The van der Waals surface area contributed by atoms with Crippen LogP contribution >= 0.6 is 0 Å². The highest BCUT2D eigenvalue weighted by atomic mass is 16.3. The summed E-state index contributed by atoms with van der Waals surface area (Å²) in [5, 5.41) is 6.38. The second kappa shape index (κ2) is 5.18. The van der Waals surface area contributed by atoms with Gasteiger partial charge in [-0.25, -0.2) is 0 Å². The Bertz CT molecular complexity index is 574. The lowest BCUT2D eigenvalue weighted by molar-refractivity contribution is 0.634. The Kier molecular flexibility index (Phi) is 3.60. The van der Waals surface area contributed by atoms with E-state index in [4.69, 9.17) is 0 Å². The third-order valence-electron chi connectivity index (χ3n) is 2.60. The van der Waals surface area contributed by atoms with Crippen molar-refractivity contribution in [3.63, 3.8) is 0 Å². The monoisotopic (exact) mass is 255 g/mol. The van der Waals surface area contributed by atoms with Gasteiger partial charge in [0.2, 0.25) is 0 Å². The van der Waals surface area contributed by atoms with Crippen LogP contribution in [0.5, 0.6) is 0 Å². The van der Waals surface area contributed by atoms with E-state index in [1.54, 1.807) is 18.5 Å². The number of nitrogens with one attached hydrogen (secondary N) is 1. The number of nitroso groups, excluding NO2 is 1. The quantitative estimate of drug-likeness (QED) is 0.829. The highest BCUT2D eigenvalue weighted by molar-refractivity contribution is 5.75. The van der Waals surface area contributed by atoms with Gasteiger partial charge in [0.15, 0.2) is 0 Å². The highest BCUT2D eigenvalue weighted by Crippen LogP contribution is 2.32. The van der Waals surface area contributed by atoms with Crippen molar-refractivity contribution in [1.82, 2.24) is 4.98 Å². The van der Waals surface area contributed by atoms with Crippen LogP contribution in [0.1, 0.15) is 20.8 Å². The van der Waals surface area contributed by atoms with Gasteiger partial charge < -0.3 is 5.32 Å². The van der Waals surface area contributed by atoms with Crippen molar-refractivity contribution in [2.24, 2.45) is 5.18 Å². The third-order valence-corrected chi connectivity index (χ3v) is 2.60. The topological polar surface area (TPSA) is 54.4 Å². The molecule has 98 valence electrons. The fourth-order valence-corrected chi connectivity index (χ4v) is 1.83. The number of nitrogens with zero attached hydrogens (tertiary/aromatic N) is 2. The van der Waals surface area contributed by atoms with E-state index >= 15 is 0 Å². The number of hydrogen-bond donors (Lipinski definition) is 1. The Balaban J connectivity index is 2.39. The normalized spacial score (nSPS) is 11.1. The lowest BCUT2D eigenvalue weighted by Crippen LogP contribution is -2.26. The molecule has 0 saturated heterocycles. The lowest BCUT2D eigenvalue weighted by atomic mass is 10.0. The fourth-order valence-electron chi connectivity index (χ4n) is 1.83. The van der Waals surface area contributed by atoms with Gasteiger partial charge in [0.25, 0.3) is 0 Å². The summed E-state index contributed by atoms with van der Waals surface area (Å²) in [7, 11) is 0. The number of anilines is 1. The molecule has 1 heterocycles. The molecule has 0 bridgehead atoms. The molecular formula is C15H17N3O. The van der Waals surface area contributed by atoms with Crippen LogP contribution in [0.25, 0.3) is 11.1 Å². The first-order chi connectivity index (χ1) is 8.99. The van der Waals surface area contributed by atoms with Crippen LogP contribution in [-0.2, 0) is 0 Å². The summed E-state index contributed by atoms with van der Waals surface area (Å²) in [5.41, 5.74) is 2.94. The number of rotatable bonds is 3. The van der Waals surface area contributed by atoms with Crippen LogP contribution in [-0.4, -0.2) is 10.5 Å². The van der Waals surface area contributed by atoms with Gasteiger partial charge in [-0.3, -0.25) is 4.98 Å². The second-order valence-electron chi connectivity index (χ2n) is 5.44. The van der Waals surface area contributed by atoms with Crippen molar-refractivity contribution in [2.45, 2.75) is 26.3 Å². The van der Waals surface area contributed by atoms with Gasteiger partial charge in [0.05, 0.1) is 5.69 Å². The van der Waals surface area contributed by atoms with Gasteiger partial charge in [0.1, 0.15) is 5.69 Å². The summed E-state index contributed by atoms with van der Waals surface area (Å²) in [5.74, 6) is 0. The molecule has 0 amide bonds. The van der Waals surface area contributed by atoms with E-state index in [9.17, 15) is 4.91 Å². The van der Waals surface area contributed by atoms with Gasteiger partial charge >= 0.3 is 0 Å². The Morgan fingerprint density at radius 1 is 1.16 bits per heavy atom. The number of aromatic nitrogens is 1. The van der Waals surface area contributed by atoms with E-state index in [0.29, 0.717) is 5.69 Å².